The molecule has 0 unspecified atom stereocenters. The van der Waals surface area contributed by atoms with Crippen molar-refractivity contribution in [2.24, 2.45) is 5.41 Å². The molecular weight excluding hydrogens is 168 g/mol. The Kier molecular flexibility index (Phi) is 1.80. The van der Waals surface area contributed by atoms with Crippen LogP contribution < -0.4 is 0 Å². The number of carbonyl (C=O) groups is 1. The van der Waals surface area contributed by atoms with Gasteiger partial charge in [0.1, 0.15) is 6.29 Å². The van der Waals surface area contributed by atoms with Crippen LogP contribution in [0.2, 0.25) is 0 Å². The monoisotopic (exact) mass is 180 g/mol. The van der Waals surface area contributed by atoms with E-state index in [0.717, 1.165) is 25.5 Å². The van der Waals surface area contributed by atoms with Crippen LogP contribution >= 0.6 is 11.3 Å². The van der Waals surface area contributed by atoms with Crippen molar-refractivity contribution in [3.05, 3.63) is 21.9 Å². The second-order valence-corrected chi connectivity index (χ2v) is 4.84. The first-order chi connectivity index (χ1) is 5.74. The van der Waals surface area contributed by atoms with E-state index >= 15 is 0 Å². The van der Waals surface area contributed by atoms with Crippen molar-refractivity contribution in [3.8, 4) is 0 Å². The highest BCUT2D eigenvalue weighted by atomic mass is 32.1. The Bertz CT molecular complexity index is 297. The fraction of sp³-hybridized carbons (Fsp3) is 0.500. The van der Waals surface area contributed by atoms with Crippen LogP contribution in [0.5, 0.6) is 0 Å². The summed E-state index contributed by atoms with van der Waals surface area (Å²) in [7, 11) is 0. The van der Waals surface area contributed by atoms with E-state index in [2.05, 4.69) is 18.4 Å². The molecule has 1 fully saturated rings. The van der Waals surface area contributed by atoms with Crippen molar-refractivity contribution in [3.63, 3.8) is 0 Å². The third-order valence-corrected chi connectivity index (χ3v) is 3.39. The Balaban J connectivity index is 2.08. The SMILES string of the molecule is Cc1cc(CC2(C=O)CC2)cs1. The molecular formula is C10H12OS. The summed E-state index contributed by atoms with van der Waals surface area (Å²) < 4.78 is 0. The molecule has 2 heteroatoms. The lowest BCUT2D eigenvalue weighted by atomic mass is 10.0. The van der Waals surface area contributed by atoms with Gasteiger partial charge in [0.15, 0.2) is 0 Å². The summed E-state index contributed by atoms with van der Waals surface area (Å²) in [5.41, 5.74) is 1.37. The van der Waals surface area contributed by atoms with Crippen LogP contribution in [-0.2, 0) is 11.2 Å². The zero-order chi connectivity index (χ0) is 8.60. The van der Waals surface area contributed by atoms with Gasteiger partial charge in [0, 0.05) is 10.3 Å². The summed E-state index contributed by atoms with van der Waals surface area (Å²) in [4.78, 5) is 12.0. The Morgan fingerprint density at radius 2 is 2.42 bits per heavy atom. The average Bonchev–Trinajstić information content (AvgIpc) is 2.71. The molecule has 0 spiro atoms. The molecule has 1 heterocycles. The summed E-state index contributed by atoms with van der Waals surface area (Å²) in [5, 5.41) is 2.17. The molecule has 1 aromatic heterocycles. The van der Waals surface area contributed by atoms with E-state index in [-0.39, 0.29) is 5.41 Å². The molecule has 0 aliphatic heterocycles. The zero-order valence-corrected chi connectivity index (χ0v) is 7.99. The zero-order valence-electron chi connectivity index (χ0n) is 7.17. The van der Waals surface area contributed by atoms with Gasteiger partial charge >= 0.3 is 0 Å². The largest absolute Gasteiger partial charge is 0.303 e. The maximum atomic E-state index is 10.7. The molecule has 2 rings (SSSR count). The molecule has 1 saturated carbocycles. The summed E-state index contributed by atoms with van der Waals surface area (Å²) in [6.45, 7) is 2.11. The summed E-state index contributed by atoms with van der Waals surface area (Å²) in [6, 6.07) is 2.19. The standard InChI is InChI=1S/C10H12OS/c1-8-4-9(6-12-8)5-10(7-11)2-3-10/h4,6-7H,2-3,5H2,1H3. The Morgan fingerprint density at radius 3 is 2.83 bits per heavy atom. The van der Waals surface area contributed by atoms with Crippen molar-refractivity contribution in [1.29, 1.82) is 0 Å². The van der Waals surface area contributed by atoms with Crippen molar-refractivity contribution in [1.82, 2.24) is 0 Å². The number of rotatable bonds is 3. The van der Waals surface area contributed by atoms with Gasteiger partial charge in [0.2, 0.25) is 0 Å². The van der Waals surface area contributed by atoms with Crippen LogP contribution in [0.15, 0.2) is 11.4 Å². The van der Waals surface area contributed by atoms with Crippen LogP contribution in [0.3, 0.4) is 0 Å². The molecule has 0 saturated heterocycles. The lowest BCUT2D eigenvalue weighted by Crippen LogP contribution is -2.04. The minimum atomic E-state index is 0.0352. The van der Waals surface area contributed by atoms with Gasteiger partial charge in [-0.05, 0) is 43.2 Å². The van der Waals surface area contributed by atoms with Crippen molar-refractivity contribution >= 4 is 17.6 Å². The topological polar surface area (TPSA) is 17.1 Å². The Labute approximate surface area is 76.4 Å². The molecule has 1 aliphatic rings. The van der Waals surface area contributed by atoms with Crippen LogP contribution in [0.1, 0.15) is 23.3 Å². The highest BCUT2D eigenvalue weighted by Gasteiger charge is 2.42. The highest BCUT2D eigenvalue weighted by molar-refractivity contribution is 7.10. The molecule has 0 aromatic carbocycles. The lowest BCUT2D eigenvalue weighted by molar-refractivity contribution is -0.112. The van der Waals surface area contributed by atoms with Crippen molar-refractivity contribution in [2.75, 3.05) is 0 Å². The Hall–Kier alpha value is -0.630. The van der Waals surface area contributed by atoms with E-state index in [1.54, 1.807) is 11.3 Å². The molecule has 0 amide bonds. The Morgan fingerprint density at radius 1 is 1.67 bits per heavy atom. The van der Waals surface area contributed by atoms with Gasteiger partial charge in [-0.2, -0.15) is 0 Å². The molecule has 12 heavy (non-hydrogen) atoms. The second-order valence-electron chi connectivity index (χ2n) is 3.72. The van der Waals surface area contributed by atoms with Gasteiger partial charge in [-0.25, -0.2) is 0 Å². The van der Waals surface area contributed by atoms with Gasteiger partial charge in [0.05, 0.1) is 0 Å². The number of aryl methyl sites for hydroxylation is 1. The number of aldehydes is 1. The van der Waals surface area contributed by atoms with Gasteiger partial charge in [0.25, 0.3) is 0 Å². The lowest BCUT2D eigenvalue weighted by Gasteiger charge is -2.02. The average molecular weight is 180 g/mol. The predicted octanol–water partition coefficient (Wildman–Crippen LogP) is 2.58. The first-order valence-corrected chi connectivity index (χ1v) is 5.12. The fourth-order valence-corrected chi connectivity index (χ4v) is 2.20. The normalized spacial score (nSPS) is 19.1. The van der Waals surface area contributed by atoms with Crippen LogP contribution in [0.25, 0.3) is 0 Å². The van der Waals surface area contributed by atoms with Crippen LogP contribution in [0, 0.1) is 12.3 Å². The molecule has 1 aromatic rings. The summed E-state index contributed by atoms with van der Waals surface area (Å²) in [5.74, 6) is 0. The van der Waals surface area contributed by atoms with Crippen LogP contribution in [-0.4, -0.2) is 6.29 Å². The molecule has 0 atom stereocenters. The first kappa shape index (κ1) is 7.99. The number of carbonyl (C=O) groups excluding carboxylic acids is 1. The summed E-state index contributed by atoms with van der Waals surface area (Å²) in [6.07, 6.45) is 4.28. The first-order valence-electron chi connectivity index (χ1n) is 4.24. The highest BCUT2D eigenvalue weighted by Crippen LogP contribution is 2.46. The van der Waals surface area contributed by atoms with Crippen LogP contribution in [0.4, 0.5) is 0 Å². The van der Waals surface area contributed by atoms with E-state index in [4.69, 9.17) is 0 Å². The third-order valence-electron chi connectivity index (χ3n) is 2.48. The minimum absolute atomic E-state index is 0.0352. The quantitative estimate of drug-likeness (QED) is 0.653. The number of hydrogen-bond acceptors (Lipinski definition) is 2. The molecule has 0 bridgehead atoms. The third kappa shape index (κ3) is 1.44. The van der Waals surface area contributed by atoms with Gasteiger partial charge in [-0.1, -0.05) is 0 Å². The van der Waals surface area contributed by atoms with E-state index in [9.17, 15) is 4.79 Å². The fourth-order valence-electron chi connectivity index (χ4n) is 1.49. The summed E-state index contributed by atoms with van der Waals surface area (Å²) >= 11 is 1.77. The number of hydrogen-bond donors (Lipinski definition) is 0. The smallest absolute Gasteiger partial charge is 0.126 e. The molecule has 1 aliphatic carbocycles. The van der Waals surface area contributed by atoms with Gasteiger partial charge in [-0.3, -0.25) is 0 Å². The molecule has 64 valence electrons. The van der Waals surface area contributed by atoms with E-state index in [1.807, 2.05) is 0 Å². The second kappa shape index (κ2) is 2.70. The minimum Gasteiger partial charge on any atom is -0.303 e. The maximum absolute atomic E-state index is 10.7. The van der Waals surface area contributed by atoms with E-state index in [0.29, 0.717) is 0 Å². The molecule has 0 radical (unpaired) electrons. The van der Waals surface area contributed by atoms with Gasteiger partial charge < -0.3 is 4.79 Å². The molecule has 1 nitrogen and oxygen atoms in total. The van der Waals surface area contributed by atoms with Gasteiger partial charge in [-0.15, -0.1) is 11.3 Å². The van der Waals surface area contributed by atoms with E-state index < -0.39 is 0 Å². The van der Waals surface area contributed by atoms with E-state index in [1.165, 1.54) is 10.4 Å². The predicted molar refractivity (Wildman–Crippen MR) is 50.5 cm³/mol. The van der Waals surface area contributed by atoms with Crippen molar-refractivity contribution < 1.29 is 4.79 Å². The maximum Gasteiger partial charge on any atom is 0.126 e. The van der Waals surface area contributed by atoms with Crippen molar-refractivity contribution in [2.45, 2.75) is 26.2 Å². The molecule has 0 N–H and O–H groups in total. The number of thiophene rings is 1.